The van der Waals surface area contributed by atoms with Gasteiger partial charge < -0.3 is 10.1 Å². The number of hydrogen-bond donors (Lipinski definition) is 1. The number of allylic oxidation sites excluding steroid dienone is 1. The van der Waals surface area contributed by atoms with E-state index in [0.29, 0.717) is 0 Å². The first-order valence-corrected chi connectivity index (χ1v) is 5.56. The van der Waals surface area contributed by atoms with Gasteiger partial charge in [0.2, 0.25) is 0 Å². The molecular formula is C12H14F3NO3. The highest BCUT2D eigenvalue weighted by molar-refractivity contribution is 6.03. The van der Waals surface area contributed by atoms with Crippen LogP contribution in [-0.4, -0.2) is 25.0 Å². The molecule has 1 N–H and O–H groups in total. The zero-order chi connectivity index (χ0) is 14.8. The lowest BCUT2D eigenvalue weighted by atomic mass is 9.79. The Balaban J connectivity index is 3.17. The molecule has 0 aromatic rings. The summed E-state index contributed by atoms with van der Waals surface area (Å²) in [5.41, 5.74) is -0.474. The number of dihydropyridines is 1. The number of ketones is 1. The molecule has 1 unspecified atom stereocenters. The lowest BCUT2D eigenvalue weighted by Gasteiger charge is -2.28. The maximum absolute atomic E-state index is 12.5. The highest BCUT2D eigenvalue weighted by atomic mass is 19.4. The van der Waals surface area contributed by atoms with Gasteiger partial charge in [0.05, 0.1) is 12.7 Å². The van der Waals surface area contributed by atoms with Crippen molar-refractivity contribution < 1.29 is 27.5 Å². The Morgan fingerprint density at radius 2 is 1.79 bits per heavy atom. The number of hydrogen-bond acceptors (Lipinski definition) is 4. The molecule has 1 atom stereocenters. The van der Waals surface area contributed by atoms with Crippen LogP contribution in [0.15, 0.2) is 23.5 Å². The van der Waals surface area contributed by atoms with Crippen LogP contribution < -0.4 is 5.32 Å². The van der Waals surface area contributed by atoms with Crippen LogP contribution in [0, 0.1) is 11.8 Å². The lowest BCUT2D eigenvalue weighted by Crippen LogP contribution is -2.35. The Morgan fingerprint density at radius 1 is 1.26 bits per heavy atom. The van der Waals surface area contributed by atoms with Crippen LogP contribution in [0.2, 0.25) is 0 Å². The molecule has 19 heavy (non-hydrogen) atoms. The quantitative estimate of drug-likeness (QED) is 0.801. The molecule has 4 nitrogen and oxygen atoms in total. The van der Waals surface area contributed by atoms with Crippen LogP contribution in [0.25, 0.3) is 0 Å². The highest BCUT2D eigenvalue weighted by Gasteiger charge is 2.45. The standard InChI is InChI=1S/C12H14F3NO3/c1-6(2)9-7(10(17)12(13,14)15)4-16-5-8(9)11(18)19-3/h4-6,9,16H,1-3H3. The van der Waals surface area contributed by atoms with E-state index in [0.717, 1.165) is 13.3 Å². The summed E-state index contributed by atoms with van der Waals surface area (Å²) in [5, 5.41) is 2.39. The topological polar surface area (TPSA) is 55.4 Å². The number of rotatable bonds is 3. The van der Waals surface area contributed by atoms with Crippen molar-refractivity contribution in [1.82, 2.24) is 5.32 Å². The average molecular weight is 277 g/mol. The molecule has 0 saturated carbocycles. The highest BCUT2D eigenvalue weighted by Crippen LogP contribution is 2.35. The second-order valence-electron chi connectivity index (χ2n) is 4.41. The van der Waals surface area contributed by atoms with Gasteiger partial charge in [-0.25, -0.2) is 4.79 Å². The molecule has 0 bridgehead atoms. The van der Waals surface area contributed by atoms with Crippen LogP contribution in [0.1, 0.15) is 13.8 Å². The number of carbonyl (C=O) groups is 2. The first-order chi connectivity index (χ1) is 8.70. The summed E-state index contributed by atoms with van der Waals surface area (Å²) in [5.74, 6) is -4.01. The minimum Gasteiger partial charge on any atom is -0.466 e. The van der Waals surface area contributed by atoms with Crippen LogP contribution in [-0.2, 0) is 14.3 Å². The van der Waals surface area contributed by atoms with E-state index in [2.05, 4.69) is 10.1 Å². The molecule has 0 aliphatic carbocycles. The summed E-state index contributed by atoms with van der Waals surface area (Å²) in [6.45, 7) is 3.26. The van der Waals surface area contributed by atoms with E-state index in [9.17, 15) is 22.8 Å². The van der Waals surface area contributed by atoms with Crippen molar-refractivity contribution in [3.05, 3.63) is 23.5 Å². The van der Waals surface area contributed by atoms with Crippen molar-refractivity contribution in [2.75, 3.05) is 7.11 Å². The SMILES string of the molecule is COC(=O)C1=CNC=C(C(=O)C(F)(F)F)C1C(C)C. The van der Waals surface area contributed by atoms with Gasteiger partial charge in [-0.2, -0.15) is 13.2 Å². The predicted octanol–water partition coefficient (Wildman–Crippen LogP) is 1.93. The summed E-state index contributed by atoms with van der Waals surface area (Å²) in [6.07, 6.45) is -2.74. The van der Waals surface area contributed by atoms with Gasteiger partial charge in [-0.1, -0.05) is 13.8 Å². The third kappa shape index (κ3) is 3.15. The Kier molecular flexibility index (Phi) is 4.39. The smallest absolute Gasteiger partial charge is 0.454 e. The monoisotopic (exact) mass is 277 g/mol. The molecule has 0 aromatic carbocycles. The zero-order valence-corrected chi connectivity index (χ0v) is 10.7. The normalized spacial score (nSPS) is 19.4. The summed E-state index contributed by atoms with van der Waals surface area (Å²) < 4.78 is 42.1. The number of ether oxygens (including phenoxy) is 1. The molecule has 7 heteroatoms. The Morgan fingerprint density at radius 3 is 2.21 bits per heavy atom. The van der Waals surface area contributed by atoms with Gasteiger partial charge in [-0.15, -0.1) is 0 Å². The number of Topliss-reactive ketones (excluding diaryl/α,β-unsaturated/α-hetero) is 1. The van der Waals surface area contributed by atoms with Crippen LogP contribution in [0.5, 0.6) is 0 Å². The Labute approximate surface area is 108 Å². The summed E-state index contributed by atoms with van der Waals surface area (Å²) in [7, 11) is 1.13. The molecule has 1 aliphatic heterocycles. The summed E-state index contributed by atoms with van der Waals surface area (Å²) in [4.78, 5) is 22.9. The first kappa shape index (κ1) is 15.3. The fourth-order valence-electron chi connectivity index (χ4n) is 1.96. The largest absolute Gasteiger partial charge is 0.466 e. The minimum absolute atomic E-state index is 0.00704. The van der Waals surface area contributed by atoms with Crippen LogP contribution in [0.4, 0.5) is 13.2 Å². The zero-order valence-electron chi connectivity index (χ0n) is 10.7. The lowest BCUT2D eigenvalue weighted by molar-refractivity contribution is -0.167. The molecule has 0 aromatic heterocycles. The van der Waals surface area contributed by atoms with E-state index in [1.54, 1.807) is 13.8 Å². The van der Waals surface area contributed by atoms with Crippen LogP contribution in [0.3, 0.4) is 0 Å². The fraction of sp³-hybridized carbons (Fsp3) is 0.500. The number of carbonyl (C=O) groups excluding carboxylic acids is 2. The molecule has 0 amide bonds. The molecule has 106 valence electrons. The van der Waals surface area contributed by atoms with E-state index >= 15 is 0 Å². The van der Waals surface area contributed by atoms with Crippen molar-refractivity contribution in [3.63, 3.8) is 0 Å². The minimum atomic E-state index is -4.97. The second-order valence-corrected chi connectivity index (χ2v) is 4.41. The fourth-order valence-corrected chi connectivity index (χ4v) is 1.96. The van der Waals surface area contributed by atoms with E-state index in [1.807, 2.05) is 0 Å². The van der Waals surface area contributed by atoms with Crippen molar-refractivity contribution in [3.8, 4) is 0 Å². The van der Waals surface area contributed by atoms with Gasteiger partial charge in [0.25, 0.3) is 5.78 Å². The molecular weight excluding hydrogens is 263 g/mol. The number of nitrogens with one attached hydrogen (secondary N) is 1. The number of halogens is 3. The number of alkyl halides is 3. The molecule has 1 aliphatic rings. The van der Waals surface area contributed by atoms with Gasteiger partial charge in [-0.3, -0.25) is 4.79 Å². The molecule has 0 saturated heterocycles. The Bertz CT molecular complexity index is 450. The van der Waals surface area contributed by atoms with E-state index in [1.165, 1.54) is 6.20 Å². The van der Waals surface area contributed by atoms with E-state index < -0.39 is 29.4 Å². The molecule has 0 fully saturated rings. The van der Waals surface area contributed by atoms with Gasteiger partial charge in [0.15, 0.2) is 0 Å². The number of methoxy groups -OCH3 is 1. The molecule has 1 heterocycles. The van der Waals surface area contributed by atoms with Gasteiger partial charge in [-0.05, 0) is 5.92 Å². The van der Waals surface area contributed by atoms with Gasteiger partial charge >= 0.3 is 12.1 Å². The van der Waals surface area contributed by atoms with E-state index in [4.69, 9.17) is 0 Å². The third-order valence-electron chi connectivity index (χ3n) is 2.76. The predicted molar refractivity (Wildman–Crippen MR) is 60.7 cm³/mol. The van der Waals surface area contributed by atoms with Gasteiger partial charge in [0, 0.05) is 23.9 Å². The second kappa shape index (κ2) is 5.46. The Hall–Kier alpha value is -1.79. The molecule has 1 rings (SSSR count). The molecule has 0 radical (unpaired) electrons. The summed E-state index contributed by atoms with van der Waals surface area (Å²) in [6, 6.07) is 0. The van der Waals surface area contributed by atoms with E-state index in [-0.39, 0.29) is 11.5 Å². The first-order valence-electron chi connectivity index (χ1n) is 5.56. The maximum atomic E-state index is 12.5. The van der Waals surface area contributed by atoms with Crippen molar-refractivity contribution in [2.45, 2.75) is 20.0 Å². The molecule has 0 spiro atoms. The summed E-state index contributed by atoms with van der Waals surface area (Å²) >= 11 is 0. The van der Waals surface area contributed by atoms with Gasteiger partial charge in [0.1, 0.15) is 0 Å². The number of esters is 1. The third-order valence-corrected chi connectivity index (χ3v) is 2.76. The van der Waals surface area contributed by atoms with Crippen molar-refractivity contribution in [1.29, 1.82) is 0 Å². The van der Waals surface area contributed by atoms with Crippen molar-refractivity contribution in [2.24, 2.45) is 11.8 Å². The maximum Gasteiger partial charge on any atom is 0.454 e. The van der Waals surface area contributed by atoms with Crippen LogP contribution >= 0.6 is 0 Å². The van der Waals surface area contributed by atoms with Crippen molar-refractivity contribution >= 4 is 11.8 Å². The average Bonchev–Trinajstić information content (AvgIpc) is 2.34.